The molecule has 0 unspecified atom stereocenters. The van der Waals surface area contributed by atoms with Crippen LogP contribution in [0.2, 0.25) is 5.02 Å². The molecule has 1 heterocycles. The molecule has 3 aromatic carbocycles. The second kappa shape index (κ2) is 14.9. The minimum absolute atomic E-state index is 0.0176. The van der Waals surface area contributed by atoms with Gasteiger partial charge in [0, 0.05) is 13.2 Å². The molecule has 43 heavy (non-hydrogen) atoms. The Labute approximate surface area is 255 Å². The average molecular weight is 629 g/mol. The normalized spacial score (nSPS) is 14.8. The minimum atomic E-state index is -4.13. The van der Waals surface area contributed by atoms with E-state index in [0.29, 0.717) is 23.6 Å². The maximum Gasteiger partial charge on any atom is 0.264 e. The molecular formula is C30H33ClN4O7S. The number of aryl methyl sites for hydroxylation is 1. The lowest BCUT2D eigenvalue weighted by atomic mass is 10.2. The number of nitrogens with one attached hydrogen (secondary N) is 2. The number of hydrogen-bond donors (Lipinski definition) is 2. The average Bonchev–Trinajstić information content (AvgIpc) is 3.52. The van der Waals surface area contributed by atoms with Gasteiger partial charge in [-0.05, 0) is 79.9 Å². The van der Waals surface area contributed by atoms with E-state index in [1.54, 1.807) is 36.4 Å². The topological polar surface area (TPSA) is 136 Å². The van der Waals surface area contributed by atoms with Crippen molar-refractivity contribution in [1.29, 1.82) is 0 Å². The molecule has 1 aliphatic heterocycles. The summed E-state index contributed by atoms with van der Waals surface area (Å²) in [5.74, 6) is -0.0585. The molecule has 1 aliphatic rings. The van der Waals surface area contributed by atoms with Crippen molar-refractivity contribution in [2.45, 2.75) is 30.8 Å². The number of carbonyl (C=O) groups excluding carboxylic acids is 2. The van der Waals surface area contributed by atoms with Crippen LogP contribution in [0.1, 0.15) is 24.0 Å². The molecule has 228 valence electrons. The number of hydrogen-bond acceptors (Lipinski definition) is 8. The van der Waals surface area contributed by atoms with Crippen molar-refractivity contribution in [2.24, 2.45) is 5.10 Å². The van der Waals surface area contributed by atoms with Crippen molar-refractivity contribution in [3.05, 3.63) is 82.9 Å². The number of halogens is 1. The SMILES string of the molecule is COc1ccc(N(CC(=O)N/N=C\c2ccc(OCC(=O)NC[C@H]3CCCO3)cc2)S(=O)(=O)c2ccc(C)cc2)cc1Cl. The highest BCUT2D eigenvalue weighted by Gasteiger charge is 2.28. The van der Waals surface area contributed by atoms with Crippen LogP contribution in [0.25, 0.3) is 0 Å². The highest BCUT2D eigenvalue weighted by atomic mass is 35.5. The predicted molar refractivity (Wildman–Crippen MR) is 163 cm³/mol. The molecule has 2 N–H and O–H groups in total. The highest BCUT2D eigenvalue weighted by molar-refractivity contribution is 7.92. The first-order chi connectivity index (χ1) is 20.7. The van der Waals surface area contributed by atoms with Gasteiger partial charge in [0.2, 0.25) is 0 Å². The van der Waals surface area contributed by atoms with E-state index in [0.717, 1.165) is 29.3 Å². The molecule has 0 bridgehead atoms. The Morgan fingerprint density at radius 1 is 1.09 bits per heavy atom. The van der Waals surface area contributed by atoms with E-state index in [2.05, 4.69) is 15.8 Å². The van der Waals surface area contributed by atoms with Gasteiger partial charge in [-0.3, -0.25) is 13.9 Å². The van der Waals surface area contributed by atoms with E-state index in [1.807, 2.05) is 6.92 Å². The van der Waals surface area contributed by atoms with Crippen molar-refractivity contribution in [3.8, 4) is 11.5 Å². The van der Waals surface area contributed by atoms with Gasteiger partial charge in [-0.25, -0.2) is 13.8 Å². The first kappa shape index (κ1) is 31.8. The number of ether oxygens (including phenoxy) is 3. The summed E-state index contributed by atoms with van der Waals surface area (Å²) in [5.41, 5.74) is 4.08. The number of carbonyl (C=O) groups is 2. The molecule has 2 amide bonds. The Morgan fingerprint density at radius 3 is 2.49 bits per heavy atom. The summed E-state index contributed by atoms with van der Waals surface area (Å²) < 4.78 is 44.2. The Balaban J connectivity index is 1.36. The molecule has 0 spiro atoms. The van der Waals surface area contributed by atoms with Crippen LogP contribution in [0, 0.1) is 6.92 Å². The number of methoxy groups -OCH3 is 1. The van der Waals surface area contributed by atoms with Gasteiger partial charge in [0.05, 0.1) is 35.0 Å². The van der Waals surface area contributed by atoms with Gasteiger partial charge in [-0.15, -0.1) is 0 Å². The van der Waals surface area contributed by atoms with Crippen LogP contribution in [0.15, 0.2) is 76.7 Å². The van der Waals surface area contributed by atoms with Crippen molar-refractivity contribution >= 4 is 45.3 Å². The molecule has 1 saturated heterocycles. The number of hydrazone groups is 1. The second-order valence-electron chi connectivity index (χ2n) is 9.73. The fourth-order valence-corrected chi connectivity index (χ4v) is 5.86. The van der Waals surface area contributed by atoms with Crippen molar-refractivity contribution in [1.82, 2.24) is 10.7 Å². The van der Waals surface area contributed by atoms with Gasteiger partial charge in [0.25, 0.3) is 21.8 Å². The molecule has 11 nitrogen and oxygen atoms in total. The number of anilines is 1. The zero-order valence-electron chi connectivity index (χ0n) is 23.8. The zero-order chi connectivity index (χ0) is 30.8. The predicted octanol–water partition coefficient (Wildman–Crippen LogP) is 3.68. The molecule has 3 aromatic rings. The van der Waals surface area contributed by atoms with Crippen LogP contribution in [0.5, 0.6) is 11.5 Å². The summed E-state index contributed by atoms with van der Waals surface area (Å²) in [6.45, 7) is 2.35. The van der Waals surface area contributed by atoms with Crippen LogP contribution in [0.3, 0.4) is 0 Å². The fourth-order valence-electron chi connectivity index (χ4n) is 4.19. The fraction of sp³-hybridized carbons (Fsp3) is 0.300. The molecule has 1 atom stereocenters. The lowest BCUT2D eigenvalue weighted by Crippen LogP contribution is -2.39. The number of rotatable bonds is 13. The largest absolute Gasteiger partial charge is 0.495 e. The van der Waals surface area contributed by atoms with Gasteiger partial charge in [0.15, 0.2) is 6.61 Å². The molecule has 0 aliphatic carbocycles. The number of benzene rings is 3. The van der Waals surface area contributed by atoms with E-state index in [9.17, 15) is 18.0 Å². The third kappa shape index (κ3) is 8.93. The molecule has 0 saturated carbocycles. The smallest absolute Gasteiger partial charge is 0.264 e. The van der Waals surface area contributed by atoms with Gasteiger partial charge >= 0.3 is 0 Å². The van der Waals surface area contributed by atoms with E-state index >= 15 is 0 Å². The summed E-state index contributed by atoms with van der Waals surface area (Å²) in [6.07, 6.45) is 3.40. The number of nitrogens with zero attached hydrogens (tertiary/aromatic N) is 2. The molecule has 0 aromatic heterocycles. The summed E-state index contributed by atoms with van der Waals surface area (Å²) in [4.78, 5) is 24.9. The lowest BCUT2D eigenvalue weighted by molar-refractivity contribution is -0.123. The number of sulfonamides is 1. The molecule has 13 heteroatoms. The van der Waals surface area contributed by atoms with E-state index in [1.165, 1.54) is 43.7 Å². The van der Waals surface area contributed by atoms with Crippen LogP contribution >= 0.6 is 11.6 Å². The number of amides is 2. The molecule has 0 radical (unpaired) electrons. The molecular weight excluding hydrogens is 596 g/mol. The Bertz CT molecular complexity index is 1540. The summed E-state index contributed by atoms with van der Waals surface area (Å²) in [6, 6.07) is 17.5. The second-order valence-corrected chi connectivity index (χ2v) is 12.0. The summed E-state index contributed by atoms with van der Waals surface area (Å²) >= 11 is 6.26. The standard InChI is InChI=1S/C30H33ClN4O7S/c1-21-5-12-26(13-6-21)43(38,39)35(23-9-14-28(40-2)27(31)16-23)19-29(36)34-33-17-22-7-10-24(11-8-22)42-20-30(37)32-18-25-4-3-15-41-25/h5-14,16-17,25H,3-4,15,18-20H2,1-2H3,(H,32,37)(H,34,36)/b33-17-/t25-/m1/s1. The maximum atomic E-state index is 13.6. The van der Waals surface area contributed by atoms with Crippen LogP contribution in [-0.4, -0.2) is 66.0 Å². The summed E-state index contributed by atoms with van der Waals surface area (Å²) in [7, 11) is -2.69. The first-order valence-corrected chi connectivity index (χ1v) is 15.3. The third-order valence-electron chi connectivity index (χ3n) is 6.52. The molecule has 1 fully saturated rings. The van der Waals surface area contributed by atoms with Gasteiger partial charge in [0.1, 0.15) is 18.0 Å². The maximum absolute atomic E-state index is 13.6. The van der Waals surface area contributed by atoms with Gasteiger partial charge < -0.3 is 19.5 Å². The lowest BCUT2D eigenvalue weighted by Gasteiger charge is -2.24. The third-order valence-corrected chi connectivity index (χ3v) is 8.61. The van der Waals surface area contributed by atoms with E-state index in [4.69, 9.17) is 25.8 Å². The van der Waals surface area contributed by atoms with Crippen molar-refractivity contribution < 1.29 is 32.2 Å². The zero-order valence-corrected chi connectivity index (χ0v) is 25.4. The van der Waals surface area contributed by atoms with Crippen LogP contribution in [-0.2, 0) is 24.3 Å². The highest BCUT2D eigenvalue weighted by Crippen LogP contribution is 2.32. The van der Waals surface area contributed by atoms with Crippen LogP contribution < -0.4 is 24.5 Å². The van der Waals surface area contributed by atoms with Crippen LogP contribution in [0.4, 0.5) is 5.69 Å². The van der Waals surface area contributed by atoms with Gasteiger partial charge in [-0.1, -0.05) is 29.3 Å². The Kier molecular flexibility index (Phi) is 11.0. The van der Waals surface area contributed by atoms with Gasteiger partial charge in [-0.2, -0.15) is 5.10 Å². The van der Waals surface area contributed by atoms with Crippen molar-refractivity contribution in [3.63, 3.8) is 0 Å². The van der Waals surface area contributed by atoms with E-state index < -0.39 is 22.5 Å². The Hall–Kier alpha value is -4.13. The van der Waals surface area contributed by atoms with Crippen molar-refractivity contribution in [2.75, 3.05) is 37.7 Å². The van der Waals surface area contributed by atoms with E-state index in [-0.39, 0.29) is 34.2 Å². The monoisotopic (exact) mass is 628 g/mol. The first-order valence-electron chi connectivity index (χ1n) is 13.5. The Morgan fingerprint density at radius 2 is 1.84 bits per heavy atom. The quantitative estimate of drug-likeness (QED) is 0.218. The minimum Gasteiger partial charge on any atom is -0.495 e. The molecule has 4 rings (SSSR count). The summed E-state index contributed by atoms with van der Waals surface area (Å²) in [5, 5.41) is 6.94.